The Balaban J connectivity index is 3.27. The summed E-state index contributed by atoms with van der Waals surface area (Å²) in [4.78, 5) is 2.24. The van der Waals surface area contributed by atoms with Gasteiger partial charge in [-0.2, -0.15) is 0 Å². The van der Waals surface area contributed by atoms with Crippen molar-refractivity contribution < 1.29 is 4.74 Å². The summed E-state index contributed by atoms with van der Waals surface area (Å²) in [5, 5.41) is 0. The number of hydrogen-bond acceptors (Lipinski definition) is 2. The predicted octanol–water partition coefficient (Wildman–Crippen LogP) is 2.53. The van der Waals surface area contributed by atoms with Crippen LogP contribution in [0.3, 0.4) is 0 Å². The van der Waals surface area contributed by atoms with Gasteiger partial charge in [-0.15, -0.1) is 0 Å². The van der Waals surface area contributed by atoms with Gasteiger partial charge in [-0.1, -0.05) is 13.3 Å². The molecule has 1 unspecified atom stereocenters. The molecule has 80 valence electrons. The normalized spacial score (nSPS) is 13.6. The third kappa shape index (κ3) is 8.26. The largest absolute Gasteiger partial charge is 0.381 e. The SMILES string of the molecule is CCCC(CCCCN(C)C)OC. The van der Waals surface area contributed by atoms with Crippen LogP contribution >= 0.6 is 0 Å². The van der Waals surface area contributed by atoms with Crippen molar-refractivity contribution in [1.82, 2.24) is 4.90 Å². The smallest absolute Gasteiger partial charge is 0.0571 e. The number of hydrogen-bond donors (Lipinski definition) is 0. The van der Waals surface area contributed by atoms with Crippen LogP contribution in [0.25, 0.3) is 0 Å². The molecule has 0 aliphatic heterocycles. The lowest BCUT2D eigenvalue weighted by Gasteiger charge is -2.15. The van der Waals surface area contributed by atoms with Crippen LogP contribution < -0.4 is 0 Å². The van der Waals surface area contributed by atoms with E-state index in [0.29, 0.717) is 6.10 Å². The van der Waals surface area contributed by atoms with E-state index in [9.17, 15) is 0 Å². The quantitative estimate of drug-likeness (QED) is 0.541. The first kappa shape index (κ1) is 12.9. The zero-order valence-electron chi connectivity index (χ0n) is 9.68. The van der Waals surface area contributed by atoms with Gasteiger partial charge in [0.05, 0.1) is 6.10 Å². The summed E-state index contributed by atoms with van der Waals surface area (Å²) in [7, 11) is 6.08. The molecule has 0 spiro atoms. The van der Waals surface area contributed by atoms with Crippen molar-refractivity contribution in [1.29, 1.82) is 0 Å². The number of ether oxygens (including phenoxy) is 1. The monoisotopic (exact) mass is 187 g/mol. The van der Waals surface area contributed by atoms with Crippen molar-refractivity contribution in [3.63, 3.8) is 0 Å². The topological polar surface area (TPSA) is 12.5 Å². The van der Waals surface area contributed by atoms with E-state index in [4.69, 9.17) is 4.74 Å². The molecule has 13 heavy (non-hydrogen) atoms. The van der Waals surface area contributed by atoms with Crippen molar-refractivity contribution in [2.45, 2.75) is 45.1 Å². The molecule has 0 heterocycles. The van der Waals surface area contributed by atoms with Gasteiger partial charge >= 0.3 is 0 Å². The molecular weight excluding hydrogens is 162 g/mol. The van der Waals surface area contributed by atoms with Crippen LogP contribution in [0.4, 0.5) is 0 Å². The number of unbranched alkanes of at least 4 members (excludes halogenated alkanes) is 1. The Labute approximate surface area is 83.3 Å². The molecule has 0 rings (SSSR count). The number of nitrogens with zero attached hydrogens (tertiary/aromatic N) is 1. The van der Waals surface area contributed by atoms with Crippen molar-refractivity contribution >= 4 is 0 Å². The lowest BCUT2D eigenvalue weighted by molar-refractivity contribution is 0.0846. The van der Waals surface area contributed by atoms with Gasteiger partial charge in [-0.25, -0.2) is 0 Å². The van der Waals surface area contributed by atoms with E-state index in [2.05, 4.69) is 25.9 Å². The lowest BCUT2D eigenvalue weighted by Crippen LogP contribution is -2.14. The highest BCUT2D eigenvalue weighted by Gasteiger charge is 2.04. The van der Waals surface area contributed by atoms with Gasteiger partial charge in [0.2, 0.25) is 0 Å². The Hall–Kier alpha value is -0.0800. The highest BCUT2D eigenvalue weighted by Crippen LogP contribution is 2.09. The fourth-order valence-corrected chi connectivity index (χ4v) is 1.50. The second kappa shape index (κ2) is 8.52. The number of methoxy groups -OCH3 is 1. The van der Waals surface area contributed by atoms with Crippen molar-refractivity contribution in [3.8, 4) is 0 Å². The van der Waals surface area contributed by atoms with Gasteiger partial charge in [0.15, 0.2) is 0 Å². The Morgan fingerprint density at radius 2 is 1.85 bits per heavy atom. The van der Waals surface area contributed by atoms with Crippen molar-refractivity contribution in [2.75, 3.05) is 27.7 Å². The molecule has 0 saturated carbocycles. The van der Waals surface area contributed by atoms with E-state index in [1.165, 1.54) is 38.6 Å². The third-order valence-corrected chi connectivity index (χ3v) is 2.33. The third-order valence-electron chi connectivity index (χ3n) is 2.33. The molecule has 2 heteroatoms. The summed E-state index contributed by atoms with van der Waals surface area (Å²) >= 11 is 0. The first-order chi connectivity index (χ1) is 6.20. The Bertz CT molecular complexity index is 104. The van der Waals surface area contributed by atoms with Gasteiger partial charge in [0, 0.05) is 7.11 Å². The maximum absolute atomic E-state index is 5.38. The molecule has 2 nitrogen and oxygen atoms in total. The molecule has 0 saturated heterocycles. The standard InChI is InChI=1S/C11H25NO/c1-5-8-11(13-4)9-6-7-10-12(2)3/h11H,5-10H2,1-4H3. The fraction of sp³-hybridized carbons (Fsp3) is 1.00. The summed E-state index contributed by atoms with van der Waals surface area (Å²) in [5.41, 5.74) is 0. The molecule has 0 amide bonds. The molecule has 0 aliphatic rings. The minimum atomic E-state index is 0.493. The van der Waals surface area contributed by atoms with Gasteiger partial charge in [-0.05, 0) is 46.3 Å². The average molecular weight is 187 g/mol. The summed E-state index contributed by atoms with van der Waals surface area (Å²) in [6, 6.07) is 0. The zero-order chi connectivity index (χ0) is 10.1. The molecule has 1 atom stereocenters. The first-order valence-corrected chi connectivity index (χ1v) is 5.38. The molecule has 0 aromatic carbocycles. The van der Waals surface area contributed by atoms with Crippen molar-refractivity contribution in [2.24, 2.45) is 0 Å². The second-order valence-corrected chi connectivity index (χ2v) is 3.95. The summed E-state index contributed by atoms with van der Waals surface area (Å²) < 4.78 is 5.38. The summed E-state index contributed by atoms with van der Waals surface area (Å²) in [5.74, 6) is 0. The molecule has 0 radical (unpaired) electrons. The minimum absolute atomic E-state index is 0.493. The highest BCUT2D eigenvalue weighted by molar-refractivity contribution is 4.57. The fourth-order valence-electron chi connectivity index (χ4n) is 1.50. The molecule has 0 aliphatic carbocycles. The van der Waals surface area contributed by atoms with E-state index in [1.54, 1.807) is 0 Å². The van der Waals surface area contributed by atoms with Crippen molar-refractivity contribution in [3.05, 3.63) is 0 Å². The first-order valence-electron chi connectivity index (χ1n) is 5.38. The van der Waals surface area contributed by atoms with E-state index in [-0.39, 0.29) is 0 Å². The van der Waals surface area contributed by atoms with E-state index in [1.807, 2.05) is 7.11 Å². The Morgan fingerprint density at radius 1 is 1.15 bits per heavy atom. The minimum Gasteiger partial charge on any atom is -0.381 e. The van der Waals surface area contributed by atoms with E-state index in [0.717, 1.165) is 0 Å². The van der Waals surface area contributed by atoms with Gasteiger partial charge in [-0.3, -0.25) is 0 Å². The predicted molar refractivity (Wildman–Crippen MR) is 58.1 cm³/mol. The van der Waals surface area contributed by atoms with Crippen LogP contribution in [0.15, 0.2) is 0 Å². The molecular formula is C11H25NO. The highest BCUT2D eigenvalue weighted by atomic mass is 16.5. The maximum atomic E-state index is 5.38. The van der Waals surface area contributed by atoms with Crippen LogP contribution in [0.1, 0.15) is 39.0 Å². The Morgan fingerprint density at radius 3 is 2.31 bits per heavy atom. The van der Waals surface area contributed by atoms with Gasteiger partial charge < -0.3 is 9.64 Å². The maximum Gasteiger partial charge on any atom is 0.0571 e. The lowest BCUT2D eigenvalue weighted by atomic mass is 10.1. The average Bonchev–Trinajstić information content (AvgIpc) is 2.10. The summed E-state index contributed by atoms with van der Waals surface area (Å²) in [6.45, 7) is 3.41. The molecule has 0 aromatic rings. The van der Waals surface area contributed by atoms with E-state index < -0.39 is 0 Å². The number of rotatable bonds is 8. The molecule has 0 N–H and O–H groups in total. The summed E-state index contributed by atoms with van der Waals surface area (Å²) in [6.07, 6.45) is 6.72. The van der Waals surface area contributed by atoms with Crippen LogP contribution in [-0.2, 0) is 4.74 Å². The van der Waals surface area contributed by atoms with Crippen LogP contribution in [0.5, 0.6) is 0 Å². The molecule has 0 fully saturated rings. The van der Waals surface area contributed by atoms with Gasteiger partial charge in [0.25, 0.3) is 0 Å². The van der Waals surface area contributed by atoms with Crippen LogP contribution in [-0.4, -0.2) is 38.8 Å². The molecule has 0 aromatic heterocycles. The van der Waals surface area contributed by atoms with E-state index >= 15 is 0 Å². The van der Waals surface area contributed by atoms with Crippen LogP contribution in [0, 0.1) is 0 Å². The van der Waals surface area contributed by atoms with Crippen LogP contribution in [0.2, 0.25) is 0 Å². The zero-order valence-corrected chi connectivity index (χ0v) is 9.68. The Kier molecular flexibility index (Phi) is 8.46. The second-order valence-electron chi connectivity index (χ2n) is 3.95. The molecule has 0 bridgehead atoms. The van der Waals surface area contributed by atoms with Gasteiger partial charge in [0.1, 0.15) is 0 Å².